The minimum absolute atomic E-state index is 0.161. The zero-order valence-electron chi connectivity index (χ0n) is 14.8. The first kappa shape index (κ1) is 19.6. The van der Waals surface area contributed by atoms with E-state index in [-0.39, 0.29) is 11.0 Å². The standard InChI is InChI=1S/C17H22N2O3.C2H4/c1-10(2)17(4)7-14(19-11(17)3)15-13(16(20)21)6-12(8-18-15)9-22-5;1-2/h6-8,10,19H,3,9H2,1-2,4-5H3,(H,20,21);1-2H2. The quantitative estimate of drug-likeness (QED) is 0.802. The predicted octanol–water partition coefficient (Wildman–Crippen LogP) is 3.85. The van der Waals surface area contributed by atoms with Crippen LogP contribution in [-0.4, -0.2) is 23.2 Å². The van der Waals surface area contributed by atoms with Crippen molar-refractivity contribution in [2.24, 2.45) is 11.3 Å². The molecule has 0 radical (unpaired) electrons. The van der Waals surface area contributed by atoms with E-state index in [2.05, 4.69) is 50.8 Å². The SMILES string of the molecule is C=C.C=C1NC(c2ncc(COC)cc2C(=O)O)=CC1(C)C(C)C. The van der Waals surface area contributed by atoms with Crippen molar-refractivity contribution in [3.8, 4) is 0 Å². The first-order valence-electron chi connectivity index (χ1n) is 7.70. The Balaban J connectivity index is 0.00000139. The number of methoxy groups -OCH3 is 1. The molecule has 1 aliphatic heterocycles. The van der Waals surface area contributed by atoms with Crippen LogP contribution < -0.4 is 5.32 Å². The van der Waals surface area contributed by atoms with Crippen LogP contribution in [0.2, 0.25) is 0 Å². The summed E-state index contributed by atoms with van der Waals surface area (Å²) in [5.41, 5.74) is 2.65. The summed E-state index contributed by atoms with van der Waals surface area (Å²) in [6.45, 7) is 16.7. The van der Waals surface area contributed by atoms with E-state index in [1.54, 1.807) is 19.4 Å². The van der Waals surface area contributed by atoms with Crippen LogP contribution >= 0.6 is 0 Å². The van der Waals surface area contributed by atoms with Crippen LogP contribution in [0.25, 0.3) is 5.70 Å². The van der Waals surface area contributed by atoms with Gasteiger partial charge in [0.2, 0.25) is 0 Å². The maximum atomic E-state index is 11.6. The van der Waals surface area contributed by atoms with Gasteiger partial charge in [-0.1, -0.05) is 27.4 Å². The molecule has 1 unspecified atom stereocenters. The molecular weight excluding hydrogens is 304 g/mol. The molecule has 24 heavy (non-hydrogen) atoms. The van der Waals surface area contributed by atoms with Crippen molar-refractivity contribution in [3.05, 3.63) is 60.6 Å². The Morgan fingerprint density at radius 1 is 1.46 bits per heavy atom. The summed E-state index contributed by atoms with van der Waals surface area (Å²) in [7, 11) is 1.56. The van der Waals surface area contributed by atoms with Gasteiger partial charge in [-0.05, 0) is 23.6 Å². The van der Waals surface area contributed by atoms with Crippen LogP contribution in [0.3, 0.4) is 0 Å². The van der Waals surface area contributed by atoms with Crippen LogP contribution in [-0.2, 0) is 11.3 Å². The molecule has 0 saturated heterocycles. The van der Waals surface area contributed by atoms with Gasteiger partial charge >= 0.3 is 5.97 Å². The third-order valence-corrected chi connectivity index (χ3v) is 4.32. The lowest BCUT2D eigenvalue weighted by Crippen LogP contribution is -2.24. The highest BCUT2D eigenvalue weighted by Crippen LogP contribution is 2.42. The largest absolute Gasteiger partial charge is 0.478 e. The summed E-state index contributed by atoms with van der Waals surface area (Å²) in [6, 6.07) is 1.60. The van der Waals surface area contributed by atoms with E-state index in [1.807, 2.05) is 6.08 Å². The van der Waals surface area contributed by atoms with Crippen molar-refractivity contribution in [2.75, 3.05) is 7.11 Å². The van der Waals surface area contributed by atoms with E-state index in [0.717, 1.165) is 11.3 Å². The molecule has 130 valence electrons. The molecule has 1 aromatic heterocycles. The van der Waals surface area contributed by atoms with Crippen molar-refractivity contribution in [2.45, 2.75) is 27.4 Å². The van der Waals surface area contributed by atoms with Gasteiger partial charge in [0.1, 0.15) is 5.69 Å². The van der Waals surface area contributed by atoms with E-state index in [4.69, 9.17) is 4.74 Å². The summed E-state index contributed by atoms with van der Waals surface area (Å²) in [5, 5.41) is 12.7. The number of carbonyl (C=O) groups is 1. The lowest BCUT2D eigenvalue weighted by Gasteiger charge is -2.27. The number of carboxylic acids is 1. The van der Waals surface area contributed by atoms with Gasteiger partial charge in [-0.3, -0.25) is 4.98 Å². The fourth-order valence-corrected chi connectivity index (χ4v) is 2.49. The number of nitrogens with one attached hydrogen (secondary N) is 1. The number of hydrogen-bond donors (Lipinski definition) is 2. The topological polar surface area (TPSA) is 71.5 Å². The van der Waals surface area contributed by atoms with Gasteiger partial charge in [-0.15, -0.1) is 13.2 Å². The minimum Gasteiger partial charge on any atom is -0.478 e. The molecule has 0 spiro atoms. The molecule has 2 N–H and O–H groups in total. The fraction of sp³-hybridized carbons (Fsp3) is 0.368. The molecule has 1 aromatic rings. The molecule has 1 aliphatic rings. The summed E-state index contributed by atoms with van der Waals surface area (Å²) >= 11 is 0. The van der Waals surface area contributed by atoms with E-state index in [9.17, 15) is 9.90 Å². The zero-order valence-corrected chi connectivity index (χ0v) is 14.8. The first-order chi connectivity index (χ1) is 11.3. The maximum absolute atomic E-state index is 11.6. The maximum Gasteiger partial charge on any atom is 0.337 e. The number of pyridine rings is 1. The summed E-state index contributed by atoms with van der Waals surface area (Å²) in [5.74, 6) is -0.669. The Labute approximate surface area is 143 Å². The van der Waals surface area contributed by atoms with Crippen LogP contribution in [0.5, 0.6) is 0 Å². The van der Waals surface area contributed by atoms with Crippen molar-refractivity contribution in [1.29, 1.82) is 0 Å². The number of nitrogens with zero attached hydrogens (tertiary/aromatic N) is 1. The Morgan fingerprint density at radius 2 is 2.08 bits per heavy atom. The third kappa shape index (κ3) is 3.74. The molecule has 2 heterocycles. The monoisotopic (exact) mass is 330 g/mol. The van der Waals surface area contributed by atoms with E-state index < -0.39 is 5.97 Å². The predicted molar refractivity (Wildman–Crippen MR) is 96.4 cm³/mol. The van der Waals surface area contributed by atoms with E-state index in [1.165, 1.54) is 0 Å². The second kappa shape index (κ2) is 7.93. The number of hydrogen-bond acceptors (Lipinski definition) is 4. The number of aromatic nitrogens is 1. The molecule has 2 rings (SSSR count). The zero-order chi connectivity index (χ0) is 18.5. The normalized spacial score (nSPS) is 19.4. The average Bonchev–Trinajstić information content (AvgIpc) is 2.86. The lowest BCUT2D eigenvalue weighted by molar-refractivity contribution is 0.0695. The Morgan fingerprint density at radius 3 is 2.54 bits per heavy atom. The summed E-state index contributed by atoms with van der Waals surface area (Å²) in [6.07, 6.45) is 3.66. The van der Waals surface area contributed by atoms with Gasteiger partial charge in [0.25, 0.3) is 0 Å². The average molecular weight is 330 g/mol. The third-order valence-electron chi connectivity index (χ3n) is 4.32. The molecule has 0 aliphatic carbocycles. The molecular formula is C19H26N2O3. The van der Waals surface area contributed by atoms with Crippen LogP contribution in [0.4, 0.5) is 0 Å². The van der Waals surface area contributed by atoms with Gasteiger partial charge in [-0.25, -0.2) is 4.79 Å². The van der Waals surface area contributed by atoms with E-state index in [0.29, 0.717) is 23.9 Å². The van der Waals surface area contributed by atoms with Gasteiger partial charge in [-0.2, -0.15) is 0 Å². The Hall–Kier alpha value is -2.40. The molecule has 0 aromatic carbocycles. The van der Waals surface area contributed by atoms with Crippen molar-refractivity contribution >= 4 is 11.7 Å². The number of rotatable bonds is 5. The minimum atomic E-state index is -1.01. The van der Waals surface area contributed by atoms with Gasteiger partial charge in [0, 0.05) is 24.4 Å². The van der Waals surface area contributed by atoms with Crippen molar-refractivity contribution in [1.82, 2.24) is 10.3 Å². The van der Waals surface area contributed by atoms with Gasteiger partial charge in [0.15, 0.2) is 0 Å². The number of allylic oxidation sites excluding steroid dienone is 1. The van der Waals surface area contributed by atoms with E-state index >= 15 is 0 Å². The van der Waals surface area contributed by atoms with Crippen molar-refractivity contribution < 1.29 is 14.6 Å². The van der Waals surface area contributed by atoms with Crippen LogP contribution in [0.15, 0.2) is 43.8 Å². The number of aromatic carboxylic acids is 1. The van der Waals surface area contributed by atoms with Gasteiger partial charge < -0.3 is 15.2 Å². The first-order valence-corrected chi connectivity index (χ1v) is 7.70. The summed E-state index contributed by atoms with van der Waals surface area (Å²) in [4.78, 5) is 15.9. The molecule has 0 amide bonds. The van der Waals surface area contributed by atoms with Crippen molar-refractivity contribution in [3.63, 3.8) is 0 Å². The smallest absolute Gasteiger partial charge is 0.337 e. The highest BCUT2D eigenvalue weighted by Gasteiger charge is 2.36. The molecule has 0 fully saturated rings. The molecule has 1 atom stereocenters. The van der Waals surface area contributed by atoms with Crippen LogP contribution in [0, 0.1) is 11.3 Å². The van der Waals surface area contributed by atoms with Crippen LogP contribution in [0.1, 0.15) is 42.4 Å². The molecule has 5 nitrogen and oxygen atoms in total. The second-order valence-electron chi connectivity index (χ2n) is 6.08. The molecule has 5 heteroatoms. The fourth-order valence-electron chi connectivity index (χ4n) is 2.49. The van der Waals surface area contributed by atoms with Gasteiger partial charge in [0.05, 0.1) is 17.9 Å². The Bertz CT molecular complexity index is 665. The Kier molecular flexibility index (Phi) is 6.49. The molecule has 0 saturated carbocycles. The summed E-state index contributed by atoms with van der Waals surface area (Å²) < 4.78 is 5.03. The highest BCUT2D eigenvalue weighted by molar-refractivity contribution is 5.93. The number of carboxylic acid groups (broad SMARTS) is 1. The second-order valence-corrected chi connectivity index (χ2v) is 6.08. The number of ether oxygens (including phenoxy) is 1. The lowest BCUT2D eigenvalue weighted by atomic mass is 9.78. The molecule has 0 bridgehead atoms. The highest BCUT2D eigenvalue weighted by atomic mass is 16.5.